The Bertz CT molecular complexity index is 839. The summed E-state index contributed by atoms with van der Waals surface area (Å²) in [4.78, 5) is 14.6. The SMILES string of the molecule is C=CC=O.CN1CCC(c2[nH]c(N)c(/C=C(\N)c3ccccc3O)c2Br)C1. The lowest BCUT2D eigenvalue weighted by molar-refractivity contribution is -0.104. The molecule has 1 aromatic carbocycles. The minimum absolute atomic E-state index is 0.157. The molecule has 144 valence electrons. The number of likely N-dealkylation sites (N-methyl/N-ethyl adjacent to an activating group) is 1. The summed E-state index contributed by atoms with van der Waals surface area (Å²) < 4.78 is 0.952. The summed E-state index contributed by atoms with van der Waals surface area (Å²) in [6.07, 6.45) is 4.74. The summed E-state index contributed by atoms with van der Waals surface area (Å²) in [5.74, 6) is 1.18. The number of para-hydroxylation sites is 1. The highest BCUT2D eigenvalue weighted by atomic mass is 79.9. The van der Waals surface area contributed by atoms with Gasteiger partial charge in [0.25, 0.3) is 0 Å². The minimum atomic E-state index is 0.157. The van der Waals surface area contributed by atoms with Crippen LogP contribution in [-0.4, -0.2) is 41.4 Å². The fourth-order valence-corrected chi connectivity index (χ4v) is 3.83. The van der Waals surface area contributed by atoms with Crippen molar-refractivity contribution in [1.29, 1.82) is 0 Å². The number of nitrogens with zero attached hydrogens (tertiary/aromatic N) is 1. The van der Waals surface area contributed by atoms with Crippen molar-refractivity contribution in [3.63, 3.8) is 0 Å². The number of nitrogen functional groups attached to an aromatic ring is 1. The van der Waals surface area contributed by atoms with E-state index in [1.54, 1.807) is 24.3 Å². The number of phenolic OH excluding ortho intramolecular Hbond substituents is 1. The van der Waals surface area contributed by atoms with Crippen molar-refractivity contribution in [2.24, 2.45) is 5.73 Å². The zero-order valence-corrected chi connectivity index (χ0v) is 16.9. The molecule has 1 aromatic heterocycles. The predicted molar refractivity (Wildman–Crippen MR) is 114 cm³/mol. The molecule has 27 heavy (non-hydrogen) atoms. The molecule has 2 heterocycles. The number of halogens is 1. The summed E-state index contributed by atoms with van der Waals surface area (Å²) in [7, 11) is 2.12. The number of aromatic hydroxyl groups is 1. The lowest BCUT2D eigenvalue weighted by Gasteiger charge is -2.09. The first-order valence-electron chi connectivity index (χ1n) is 8.56. The fourth-order valence-electron chi connectivity index (χ4n) is 3.07. The summed E-state index contributed by atoms with van der Waals surface area (Å²) in [5.41, 5.74) is 15.3. The number of aromatic nitrogens is 1. The highest BCUT2D eigenvalue weighted by Gasteiger charge is 2.26. The van der Waals surface area contributed by atoms with Gasteiger partial charge in [0.1, 0.15) is 17.9 Å². The third kappa shape index (κ3) is 5.02. The van der Waals surface area contributed by atoms with Crippen LogP contribution in [0.25, 0.3) is 11.8 Å². The van der Waals surface area contributed by atoms with Crippen LogP contribution in [0, 0.1) is 0 Å². The number of allylic oxidation sites excluding steroid dienone is 1. The molecule has 6 nitrogen and oxygen atoms in total. The van der Waals surface area contributed by atoms with Gasteiger partial charge in [-0.3, -0.25) is 4.79 Å². The van der Waals surface area contributed by atoms with E-state index in [4.69, 9.17) is 16.3 Å². The fraction of sp³-hybridized carbons (Fsp3) is 0.250. The van der Waals surface area contributed by atoms with Crippen molar-refractivity contribution >= 4 is 39.8 Å². The maximum Gasteiger partial charge on any atom is 0.142 e. The van der Waals surface area contributed by atoms with E-state index in [0.717, 1.165) is 35.2 Å². The third-order valence-electron chi connectivity index (χ3n) is 4.44. The highest BCUT2D eigenvalue weighted by molar-refractivity contribution is 9.10. The number of hydrogen-bond donors (Lipinski definition) is 4. The van der Waals surface area contributed by atoms with E-state index in [-0.39, 0.29) is 5.75 Å². The molecule has 0 amide bonds. The number of anilines is 1. The van der Waals surface area contributed by atoms with Gasteiger partial charge in [-0.2, -0.15) is 0 Å². The maximum absolute atomic E-state index is 9.93. The van der Waals surface area contributed by atoms with E-state index < -0.39 is 0 Å². The quantitative estimate of drug-likeness (QED) is 0.437. The van der Waals surface area contributed by atoms with E-state index in [1.807, 2.05) is 6.07 Å². The van der Waals surface area contributed by atoms with Gasteiger partial charge in [0, 0.05) is 39.5 Å². The molecule has 0 saturated carbocycles. The van der Waals surface area contributed by atoms with Crippen molar-refractivity contribution in [2.75, 3.05) is 25.9 Å². The first kappa shape index (κ1) is 20.8. The molecule has 3 rings (SSSR count). The molecule has 0 radical (unpaired) electrons. The topological polar surface area (TPSA) is 108 Å². The first-order valence-corrected chi connectivity index (χ1v) is 9.35. The number of nitrogens with one attached hydrogen (secondary N) is 1. The molecule has 7 heteroatoms. The molecule has 0 bridgehead atoms. The third-order valence-corrected chi connectivity index (χ3v) is 5.30. The Morgan fingerprint density at radius 2 is 2.11 bits per heavy atom. The zero-order chi connectivity index (χ0) is 20.0. The van der Waals surface area contributed by atoms with Gasteiger partial charge < -0.3 is 26.5 Å². The number of carbonyl (C=O) groups excluding carboxylic acids is 1. The van der Waals surface area contributed by atoms with Gasteiger partial charge in [0.2, 0.25) is 0 Å². The van der Waals surface area contributed by atoms with Crippen molar-refractivity contribution < 1.29 is 9.90 Å². The number of likely N-dealkylation sites (tertiary alicyclic amines) is 1. The van der Waals surface area contributed by atoms with E-state index in [2.05, 4.69) is 39.4 Å². The Hall–Kier alpha value is -2.51. The lowest BCUT2D eigenvalue weighted by Crippen LogP contribution is -2.13. The molecule has 1 saturated heterocycles. The number of rotatable bonds is 4. The van der Waals surface area contributed by atoms with Gasteiger partial charge in [-0.05, 0) is 60.2 Å². The van der Waals surface area contributed by atoms with Crippen LogP contribution in [0.1, 0.15) is 29.2 Å². The van der Waals surface area contributed by atoms with E-state index in [9.17, 15) is 5.11 Å². The second-order valence-corrected chi connectivity index (χ2v) is 7.21. The predicted octanol–water partition coefficient (Wildman–Crippen LogP) is 3.31. The second-order valence-electron chi connectivity index (χ2n) is 6.42. The molecule has 1 aliphatic heterocycles. The van der Waals surface area contributed by atoms with Crippen LogP contribution in [0.15, 0.2) is 41.4 Å². The molecule has 0 spiro atoms. The number of H-pyrrole nitrogens is 1. The average molecular weight is 433 g/mol. The van der Waals surface area contributed by atoms with Crippen LogP contribution < -0.4 is 11.5 Å². The standard InChI is InChI=1S/C17H21BrN4O.C3H4O/c1-22-7-6-10(9-22)16-15(18)12(17(20)21-16)8-13(19)11-4-2-3-5-14(11)23;1-2-3-4/h2-5,8,10,21,23H,6-7,9,19-20H2,1H3;2-3H,1H2/b13-8-;. The number of aromatic amines is 1. The Kier molecular flexibility index (Phi) is 7.27. The molecule has 6 N–H and O–H groups in total. The molecule has 2 aromatic rings. The maximum atomic E-state index is 9.93. The second kappa shape index (κ2) is 9.43. The van der Waals surface area contributed by atoms with Crippen LogP contribution in [-0.2, 0) is 4.79 Å². The first-order chi connectivity index (χ1) is 12.9. The van der Waals surface area contributed by atoms with Crippen molar-refractivity contribution in [3.05, 3.63) is 58.2 Å². The smallest absolute Gasteiger partial charge is 0.142 e. The number of hydrogen-bond acceptors (Lipinski definition) is 5. The normalized spacial score (nSPS) is 17.3. The van der Waals surface area contributed by atoms with Gasteiger partial charge >= 0.3 is 0 Å². The molecular formula is C20H25BrN4O2. The number of benzene rings is 1. The zero-order valence-electron chi connectivity index (χ0n) is 15.3. The van der Waals surface area contributed by atoms with Gasteiger partial charge in [0.15, 0.2) is 0 Å². The molecule has 0 aliphatic carbocycles. The summed E-state index contributed by atoms with van der Waals surface area (Å²) in [6, 6.07) is 7.00. The Morgan fingerprint density at radius 1 is 1.44 bits per heavy atom. The van der Waals surface area contributed by atoms with Crippen LogP contribution in [0.3, 0.4) is 0 Å². The van der Waals surface area contributed by atoms with E-state index in [0.29, 0.717) is 29.3 Å². The van der Waals surface area contributed by atoms with Crippen molar-refractivity contribution in [3.8, 4) is 5.75 Å². The molecule has 1 unspecified atom stereocenters. The minimum Gasteiger partial charge on any atom is -0.507 e. The molecular weight excluding hydrogens is 408 g/mol. The van der Waals surface area contributed by atoms with E-state index in [1.165, 1.54) is 6.08 Å². The highest BCUT2D eigenvalue weighted by Crippen LogP contribution is 2.37. The number of nitrogens with two attached hydrogens (primary N) is 2. The van der Waals surface area contributed by atoms with Gasteiger partial charge in [-0.25, -0.2) is 0 Å². The number of aldehydes is 1. The molecule has 1 atom stereocenters. The van der Waals surface area contributed by atoms with Crippen molar-refractivity contribution in [2.45, 2.75) is 12.3 Å². The molecule has 1 fully saturated rings. The van der Waals surface area contributed by atoms with Crippen LogP contribution in [0.2, 0.25) is 0 Å². The van der Waals surface area contributed by atoms with Crippen LogP contribution in [0.5, 0.6) is 5.75 Å². The Morgan fingerprint density at radius 3 is 2.67 bits per heavy atom. The lowest BCUT2D eigenvalue weighted by atomic mass is 10.0. The van der Waals surface area contributed by atoms with E-state index >= 15 is 0 Å². The van der Waals surface area contributed by atoms with Gasteiger partial charge in [0.05, 0.1) is 0 Å². The van der Waals surface area contributed by atoms with Crippen LogP contribution in [0.4, 0.5) is 5.82 Å². The summed E-state index contributed by atoms with van der Waals surface area (Å²) >= 11 is 3.66. The summed E-state index contributed by atoms with van der Waals surface area (Å²) in [5, 5.41) is 9.93. The van der Waals surface area contributed by atoms with Gasteiger partial charge in [-0.15, -0.1) is 0 Å². The Labute approximate surface area is 167 Å². The monoisotopic (exact) mass is 432 g/mol. The van der Waals surface area contributed by atoms with Crippen LogP contribution >= 0.6 is 15.9 Å². The average Bonchev–Trinajstić information content (AvgIpc) is 3.20. The largest absolute Gasteiger partial charge is 0.507 e. The summed E-state index contributed by atoms with van der Waals surface area (Å²) in [6.45, 7) is 5.21. The van der Waals surface area contributed by atoms with Gasteiger partial charge in [-0.1, -0.05) is 18.7 Å². The number of carbonyl (C=O) groups is 1. The van der Waals surface area contributed by atoms with Crippen molar-refractivity contribution in [1.82, 2.24) is 9.88 Å². The molecule has 1 aliphatic rings. The number of phenols is 1. The Balaban J connectivity index is 0.000000596.